The van der Waals surface area contributed by atoms with Crippen LogP contribution >= 0.6 is 11.8 Å². The third kappa shape index (κ3) is 6.57. The fourth-order valence-corrected chi connectivity index (χ4v) is 5.07. The van der Waals surface area contributed by atoms with Gasteiger partial charge in [-0.25, -0.2) is 9.36 Å². The molecule has 2 heterocycles. The van der Waals surface area contributed by atoms with Gasteiger partial charge in [0.05, 0.1) is 29.8 Å². The van der Waals surface area contributed by atoms with E-state index in [4.69, 9.17) is 0 Å². The van der Waals surface area contributed by atoms with Crippen molar-refractivity contribution in [2.24, 2.45) is 0 Å². The van der Waals surface area contributed by atoms with Crippen molar-refractivity contribution in [1.82, 2.24) is 18.8 Å². The number of imidazole rings is 1. The third-order valence-electron chi connectivity index (χ3n) is 5.48. The predicted octanol–water partition coefficient (Wildman–Crippen LogP) is 4.15. The van der Waals surface area contributed by atoms with Crippen LogP contribution in [0.5, 0.6) is 5.88 Å². The van der Waals surface area contributed by atoms with E-state index in [1.807, 2.05) is 6.07 Å². The Kier molecular flexibility index (Phi) is 7.85. The molecule has 0 aliphatic carbocycles. The van der Waals surface area contributed by atoms with Gasteiger partial charge in [0.25, 0.3) is 10.2 Å². The molecule has 4 aromatic rings. The number of alkyl halides is 3. The van der Waals surface area contributed by atoms with Crippen molar-refractivity contribution in [2.75, 3.05) is 4.72 Å². The lowest BCUT2D eigenvalue weighted by molar-refractivity contribution is -0.0328. The van der Waals surface area contributed by atoms with Gasteiger partial charge in [-0.3, -0.25) is 14.3 Å². The van der Waals surface area contributed by atoms with Gasteiger partial charge in [-0.15, -0.1) is 0 Å². The molecule has 4 rings (SSSR count). The highest BCUT2D eigenvalue weighted by Crippen LogP contribution is 2.37. The molecular weight excluding hydrogens is 543 g/mol. The van der Waals surface area contributed by atoms with E-state index >= 15 is 0 Å². The molecule has 2 aromatic heterocycles. The smallest absolute Gasteiger partial charge is 0.446 e. The average molecular weight is 566 g/mol. The highest BCUT2D eigenvalue weighted by atomic mass is 32.2. The van der Waals surface area contributed by atoms with Crippen molar-refractivity contribution in [2.45, 2.75) is 30.4 Å². The molecule has 14 heteroatoms. The number of rotatable bonds is 9. The molecule has 3 N–H and O–H groups in total. The first-order valence-corrected chi connectivity index (χ1v) is 13.3. The van der Waals surface area contributed by atoms with Gasteiger partial charge in [0, 0.05) is 17.6 Å². The number of aromatic nitrogens is 3. The molecule has 0 unspecified atom stereocenters. The number of thioether (sulfide) groups is 1. The number of hydrogen-bond donors (Lipinski definition) is 3. The number of halogens is 3. The van der Waals surface area contributed by atoms with Crippen molar-refractivity contribution >= 4 is 27.7 Å². The van der Waals surface area contributed by atoms with Gasteiger partial charge in [0.2, 0.25) is 5.88 Å². The Morgan fingerprint density at radius 3 is 2.39 bits per heavy atom. The van der Waals surface area contributed by atoms with E-state index in [1.165, 1.54) is 54.2 Å². The Morgan fingerprint density at radius 1 is 1.05 bits per heavy atom. The van der Waals surface area contributed by atoms with Gasteiger partial charge >= 0.3 is 11.2 Å². The molecule has 0 fully saturated rings. The molecule has 0 bridgehead atoms. The Bertz CT molecular complexity index is 1590. The summed E-state index contributed by atoms with van der Waals surface area (Å²) in [5, 5.41) is 10.6. The lowest BCUT2D eigenvalue weighted by Gasteiger charge is -2.13. The van der Waals surface area contributed by atoms with Crippen LogP contribution in [0.15, 0.2) is 82.7 Å². The Labute approximate surface area is 220 Å². The molecule has 200 valence electrons. The van der Waals surface area contributed by atoms with Gasteiger partial charge in [0.1, 0.15) is 0 Å². The number of aromatic hydroxyl groups is 1. The molecule has 0 atom stereocenters. The normalized spacial score (nSPS) is 12.0. The molecule has 0 saturated heterocycles. The van der Waals surface area contributed by atoms with Crippen molar-refractivity contribution in [3.63, 3.8) is 0 Å². The van der Waals surface area contributed by atoms with Crippen molar-refractivity contribution in [3.8, 4) is 11.6 Å². The number of pyridine rings is 1. The first kappa shape index (κ1) is 27.3. The monoisotopic (exact) mass is 565 g/mol. The second-order valence-corrected chi connectivity index (χ2v) is 10.7. The Morgan fingerprint density at radius 2 is 1.74 bits per heavy atom. The van der Waals surface area contributed by atoms with Crippen molar-refractivity contribution in [3.05, 3.63) is 100 Å². The summed E-state index contributed by atoms with van der Waals surface area (Å²) in [6.45, 7) is 1.43. The zero-order valence-corrected chi connectivity index (χ0v) is 21.4. The molecule has 0 radical (unpaired) electrons. The first-order chi connectivity index (χ1) is 17.9. The van der Waals surface area contributed by atoms with Crippen LogP contribution < -0.4 is 15.1 Å². The van der Waals surface area contributed by atoms with E-state index in [0.717, 1.165) is 10.1 Å². The van der Waals surface area contributed by atoms with Crippen LogP contribution in [0.1, 0.15) is 16.8 Å². The maximum absolute atomic E-state index is 13.2. The summed E-state index contributed by atoms with van der Waals surface area (Å²) in [6.07, 6.45) is 2.73. The van der Waals surface area contributed by atoms with Crippen molar-refractivity contribution in [1.29, 1.82) is 0 Å². The van der Waals surface area contributed by atoms with E-state index in [1.54, 1.807) is 24.3 Å². The molecule has 0 spiro atoms. The molecule has 9 nitrogen and oxygen atoms in total. The summed E-state index contributed by atoms with van der Waals surface area (Å²) in [7, 11) is -4.00. The topological polar surface area (TPSA) is 118 Å². The highest BCUT2D eigenvalue weighted by molar-refractivity contribution is 8.00. The van der Waals surface area contributed by atoms with Crippen LogP contribution in [0, 0.1) is 6.92 Å². The van der Waals surface area contributed by atoms with Gasteiger partial charge in [-0.05, 0) is 60.1 Å². The van der Waals surface area contributed by atoms with E-state index in [9.17, 15) is 31.5 Å². The summed E-state index contributed by atoms with van der Waals surface area (Å²) in [5.74, 6) is -0.396. The van der Waals surface area contributed by atoms with Crippen LogP contribution in [-0.4, -0.2) is 33.2 Å². The first-order valence-electron chi connectivity index (χ1n) is 11.0. The van der Waals surface area contributed by atoms with E-state index in [2.05, 4.69) is 14.4 Å². The molecule has 0 aliphatic heterocycles. The molecular formula is C24H22F3N5O4S2. The fourth-order valence-electron chi connectivity index (χ4n) is 3.63. The molecule has 0 amide bonds. The number of nitrogens with one attached hydrogen (secondary N) is 2. The average Bonchev–Trinajstić information content (AvgIpc) is 3.07. The zero-order chi connectivity index (χ0) is 27.5. The minimum absolute atomic E-state index is 0.0569. The van der Waals surface area contributed by atoms with Crippen LogP contribution in [0.3, 0.4) is 0 Å². The molecule has 0 aliphatic rings. The molecule has 2 aromatic carbocycles. The summed E-state index contributed by atoms with van der Waals surface area (Å²) in [4.78, 5) is 17.1. The van der Waals surface area contributed by atoms with E-state index < -0.39 is 27.3 Å². The van der Waals surface area contributed by atoms with Crippen LogP contribution in [-0.2, 0) is 23.3 Å². The fraction of sp³-hybridized carbons (Fsp3) is 0.167. The Hall–Kier alpha value is -3.75. The molecule has 38 heavy (non-hydrogen) atoms. The lowest BCUT2D eigenvalue weighted by Crippen LogP contribution is -2.30. The van der Waals surface area contributed by atoms with Crippen LogP contribution in [0.4, 0.5) is 18.9 Å². The van der Waals surface area contributed by atoms with Gasteiger partial charge in [-0.2, -0.15) is 26.3 Å². The van der Waals surface area contributed by atoms with Gasteiger partial charge in [-0.1, -0.05) is 30.3 Å². The van der Waals surface area contributed by atoms with E-state index in [0.29, 0.717) is 5.56 Å². The second-order valence-electron chi connectivity index (χ2n) is 8.10. The number of benzene rings is 2. The van der Waals surface area contributed by atoms with Crippen LogP contribution in [0.2, 0.25) is 0 Å². The second kappa shape index (κ2) is 10.9. The Balaban J connectivity index is 1.57. The third-order valence-corrected chi connectivity index (χ3v) is 7.24. The minimum atomic E-state index is -4.46. The van der Waals surface area contributed by atoms with Gasteiger partial charge in [0.15, 0.2) is 0 Å². The zero-order valence-electron chi connectivity index (χ0n) is 19.8. The maximum atomic E-state index is 13.2. The maximum Gasteiger partial charge on any atom is 0.446 e. The largest absolute Gasteiger partial charge is 0.493 e. The number of hydrogen-bond acceptors (Lipinski definition) is 6. The lowest BCUT2D eigenvalue weighted by atomic mass is 10.2. The molecule has 0 saturated carbocycles. The number of nitrogens with zero attached hydrogens (tertiary/aromatic N) is 3. The summed E-state index contributed by atoms with van der Waals surface area (Å²) < 4.78 is 70.2. The van der Waals surface area contributed by atoms with Gasteiger partial charge < -0.3 is 5.11 Å². The quantitative estimate of drug-likeness (QED) is 0.263. The van der Waals surface area contributed by atoms with Crippen molar-refractivity contribution < 1.29 is 26.7 Å². The highest BCUT2D eigenvalue weighted by Gasteiger charge is 2.29. The minimum Gasteiger partial charge on any atom is -0.493 e. The SMILES string of the molecule is Cc1c(O)n(-c2ccc(SC(F)(F)F)cc2)c(=O)n1Cc1ccncc1NS(=O)(=O)NCc1ccccc1. The predicted molar refractivity (Wildman–Crippen MR) is 138 cm³/mol. The summed E-state index contributed by atoms with van der Waals surface area (Å²) >= 11 is -0.291. The van der Waals surface area contributed by atoms with E-state index in [-0.39, 0.29) is 46.8 Å². The number of anilines is 1. The summed E-state index contributed by atoms with van der Waals surface area (Å²) in [5.41, 5.74) is -3.50. The standard InChI is InChI=1S/C24H22F3N5O4S2/c1-16-22(33)32(19-7-9-20(10-8-19)37-24(25,26)27)23(34)31(16)15-18-11-12-28-14-21(18)30-38(35,36)29-13-17-5-3-2-4-6-17/h2-12,14,29-30,33H,13,15H2,1H3. The summed E-state index contributed by atoms with van der Waals surface area (Å²) in [6, 6.07) is 15.4. The van der Waals surface area contributed by atoms with Crippen LogP contribution in [0.25, 0.3) is 5.69 Å².